The van der Waals surface area contributed by atoms with Crippen molar-refractivity contribution in [1.29, 1.82) is 0 Å². The van der Waals surface area contributed by atoms with Gasteiger partial charge in [0.25, 0.3) is 5.91 Å². The molecule has 0 heterocycles. The van der Waals surface area contributed by atoms with Crippen LogP contribution in [0.1, 0.15) is 28.8 Å². The molecule has 0 aliphatic heterocycles. The number of sulfone groups is 1. The SMILES string of the molecule is CS(=O)(=O)c1ccc(C(=O)NC(CCC(=O)O)Cc2ccccc2)cc1. The van der Waals surface area contributed by atoms with Gasteiger partial charge in [-0.25, -0.2) is 8.42 Å². The highest BCUT2D eigenvalue weighted by Gasteiger charge is 2.16. The van der Waals surface area contributed by atoms with Gasteiger partial charge in [-0.15, -0.1) is 0 Å². The molecule has 26 heavy (non-hydrogen) atoms. The van der Waals surface area contributed by atoms with Gasteiger partial charge in [-0.05, 0) is 42.7 Å². The molecule has 2 aromatic carbocycles. The first-order valence-electron chi connectivity index (χ1n) is 8.12. The number of rotatable bonds is 8. The maximum atomic E-state index is 12.4. The van der Waals surface area contributed by atoms with Crippen molar-refractivity contribution in [2.24, 2.45) is 0 Å². The molecule has 6 nitrogen and oxygen atoms in total. The van der Waals surface area contributed by atoms with Crippen LogP contribution in [0.15, 0.2) is 59.5 Å². The molecule has 0 radical (unpaired) electrons. The van der Waals surface area contributed by atoms with E-state index in [2.05, 4.69) is 5.32 Å². The summed E-state index contributed by atoms with van der Waals surface area (Å²) in [5, 5.41) is 11.8. The Balaban J connectivity index is 2.10. The van der Waals surface area contributed by atoms with Crippen LogP contribution in [-0.4, -0.2) is 37.7 Å². The van der Waals surface area contributed by atoms with Crippen molar-refractivity contribution in [2.45, 2.75) is 30.2 Å². The lowest BCUT2D eigenvalue weighted by atomic mass is 10.0. The Morgan fingerprint density at radius 1 is 1.04 bits per heavy atom. The molecule has 0 aliphatic rings. The molecule has 7 heteroatoms. The highest BCUT2D eigenvalue weighted by molar-refractivity contribution is 7.90. The molecule has 0 saturated heterocycles. The van der Waals surface area contributed by atoms with E-state index in [1.165, 1.54) is 24.3 Å². The summed E-state index contributed by atoms with van der Waals surface area (Å²) in [6, 6.07) is 14.8. The van der Waals surface area contributed by atoms with Crippen molar-refractivity contribution in [1.82, 2.24) is 5.32 Å². The van der Waals surface area contributed by atoms with Crippen LogP contribution < -0.4 is 5.32 Å². The van der Waals surface area contributed by atoms with Crippen LogP contribution in [0, 0.1) is 0 Å². The van der Waals surface area contributed by atoms with Crippen LogP contribution >= 0.6 is 0 Å². The molecule has 0 spiro atoms. The molecule has 2 N–H and O–H groups in total. The zero-order chi connectivity index (χ0) is 19.2. The Bertz CT molecular complexity index is 861. The fourth-order valence-corrected chi connectivity index (χ4v) is 3.17. The maximum Gasteiger partial charge on any atom is 0.303 e. The normalized spacial score (nSPS) is 12.3. The average molecular weight is 375 g/mol. The van der Waals surface area contributed by atoms with Crippen molar-refractivity contribution < 1.29 is 23.1 Å². The lowest BCUT2D eigenvalue weighted by molar-refractivity contribution is -0.137. The van der Waals surface area contributed by atoms with E-state index < -0.39 is 15.8 Å². The fourth-order valence-electron chi connectivity index (χ4n) is 2.54. The fraction of sp³-hybridized carbons (Fsp3) is 0.263. The topological polar surface area (TPSA) is 101 Å². The van der Waals surface area contributed by atoms with Crippen LogP contribution in [0.5, 0.6) is 0 Å². The van der Waals surface area contributed by atoms with E-state index in [9.17, 15) is 18.0 Å². The van der Waals surface area contributed by atoms with E-state index in [4.69, 9.17) is 5.11 Å². The van der Waals surface area contributed by atoms with E-state index >= 15 is 0 Å². The number of carbonyl (C=O) groups excluding carboxylic acids is 1. The summed E-state index contributed by atoms with van der Waals surface area (Å²) < 4.78 is 23.0. The Hall–Kier alpha value is -2.67. The number of amides is 1. The second-order valence-electron chi connectivity index (χ2n) is 6.09. The smallest absolute Gasteiger partial charge is 0.303 e. The molecule has 0 aromatic heterocycles. The summed E-state index contributed by atoms with van der Waals surface area (Å²) in [7, 11) is -3.32. The van der Waals surface area contributed by atoms with E-state index in [-0.39, 0.29) is 23.3 Å². The van der Waals surface area contributed by atoms with Gasteiger partial charge in [-0.1, -0.05) is 30.3 Å². The van der Waals surface area contributed by atoms with Crippen LogP contribution in [0.3, 0.4) is 0 Å². The van der Waals surface area contributed by atoms with Crippen molar-refractivity contribution in [3.05, 3.63) is 65.7 Å². The Kier molecular flexibility index (Phi) is 6.52. The minimum absolute atomic E-state index is 0.0508. The first-order valence-corrected chi connectivity index (χ1v) is 10.0. The van der Waals surface area contributed by atoms with Gasteiger partial charge in [0.15, 0.2) is 9.84 Å². The molecule has 0 fully saturated rings. The van der Waals surface area contributed by atoms with Crippen LogP contribution in [0.25, 0.3) is 0 Å². The Morgan fingerprint density at radius 2 is 1.65 bits per heavy atom. The van der Waals surface area contributed by atoms with Gasteiger partial charge in [0.1, 0.15) is 0 Å². The zero-order valence-electron chi connectivity index (χ0n) is 14.4. The number of aliphatic carboxylic acids is 1. The highest BCUT2D eigenvalue weighted by atomic mass is 32.2. The van der Waals surface area contributed by atoms with Gasteiger partial charge < -0.3 is 10.4 Å². The lowest BCUT2D eigenvalue weighted by Gasteiger charge is -2.18. The van der Waals surface area contributed by atoms with Gasteiger partial charge in [-0.2, -0.15) is 0 Å². The number of carbonyl (C=O) groups is 2. The number of carboxylic acids is 1. The summed E-state index contributed by atoms with van der Waals surface area (Å²) >= 11 is 0. The summed E-state index contributed by atoms with van der Waals surface area (Å²) in [6.45, 7) is 0. The zero-order valence-corrected chi connectivity index (χ0v) is 15.2. The van der Waals surface area contributed by atoms with Crippen molar-refractivity contribution in [3.8, 4) is 0 Å². The van der Waals surface area contributed by atoms with Gasteiger partial charge in [0.05, 0.1) is 4.90 Å². The van der Waals surface area contributed by atoms with Crippen molar-refractivity contribution >= 4 is 21.7 Å². The molecule has 138 valence electrons. The Morgan fingerprint density at radius 3 is 2.19 bits per heavy atom. The molecule has 2 aromatic rings. The molecule has 0 saturated carbocycles. The van der Waals surface area contributed by atoms with Gasteiger partial charge >= 0.3 is 5.97 Å². The largest absolute Gasteiger partial charge is 0.481 e. The molecule has 0 bridgehead atoms. The van der Waals surface area contributed by atoms with Crippen LogP contribution in [0.2, 0.25) is 0 Å². The van der Waals surface area contributed by atoms with Crippen molar-refractivity contribution in [2.75, 3.05) is 6.26 Å². The minimum atomic E-state index is -3.32. The molecule has 1 amide bonds. The second-order valence-corrected chi connectivity index (χ2v) is 8.10. The first-order chi connectivity index (χ1) is 12.3. The minimum Gasteiger partial charge on any atom is -0.481 e. The number of benzene rings is 2. The van der Waals surface area contributed by atoms with Gasteiger partial charge in [0, 0.05) is 24.3 Å². The van der Waals surface area contributed by atoms with Crippen LogP contribution in [-0.2, 0) is 21.1 Å². The second kappa shape index (κ2) is 8.62. The van der Waals surface area contributed by atoms with E-state index in [1.807, 2.05) is 30.3 Å². The van der Waals surface area contributed by atoms with Crippen molar-refractivity contribution in [3.63, 3.8) is 0 Å². The van der Waals surface area contributed by atoms with E-state index in [0.29, 0.717) is 18.4 Å². The maximum absolute atomic E-state index is 12.4. The number of carboxylic acid groups (broad SMARTS) is 1. The molecule has 1 atom stereocenters. The third-order valence-corrected chi connectivity index (χ3v) is 5.04. The standard InChI is InChI=1S/C19H21NO5S/c1-26(24,25)17-10-7-15(8-11-17)19(23)20-16(9-12-18(21)22)13-14-5-3-2-4-6-14/h2-8,10-11,16H,9,12-13H2,1H3,(H,20,23)(H,21,22). The first kappa shape index (κ1) is 19.7. The predicted molar refractivity (Wildman–Crippen MR) is 97.8 cm³/mol. The third-order valence-electron chi connectivity index (χ3n) is 3.91. The van der Waals surface area contributed by atoms with Gasteiger partial charge in [0.2, 0.25) is 0 Å². The summed E-state index contributed by atoms with van der Waals surface area (Å²) in [5.74, 6) is -1.29. The molecular weight excluding hydrogens is 354 g/mol. The number of hydrogen-bond acceptors (Lipinski definition) is 4. The summed E-state index contributed by atoms with van der Waals surface area (Å²) in [4.78, 5) is 23.5. The number of nitrogens with one attached hydrogen (secondary N) is 1. The molecular formula is C19H21NO5S. The summed E-state index contributed by atoms with van der Waals surface area (Å²) in [5.41, 5.74) is 1.32. The third kappa shape index (κ3) is 6.00. The average Bonchev–Trinajstić information content (AvgIpc) is 2.60. The molecule has 1 unspecified atom stereocenters. The predicted octanol–water partition coefficient (Wildman–Crippen LogP) is 2.30. The highest BCUT2D eigenvalue weighted by Crippen LogP contribution is 2.12. The molecule has 0 aliphatic carbocycles. The Labute approximate surface area is 152 Å². The van der Waals surface area contributed by atoms with E-state index in [1.54, 1.807) is 0 Å². The lowest BCUT2D eigenvalue weighted by Crippen LogP contribution is -2.36. The monoisotopic (exact) mass is 375 g/mol. The van der Waals surface area contributed by atoms with E-state index in [0.717, 1.165) is 11.8 Å². The summed E-state index contributed by atoms with van der Waals surface area (Å²) in [6.07, 6.45) is 1.87. The molecule has 2 rings (SSSR count). The van der Waals surface area contributed by atoms with Crippen LogP contribution in [0.4, 0.5) is 0 Å². The van der Waals surface area contributed by atoms with Gasteiger partial charge in [-0.3, -0.25) is 9.59 Å². The number of hydrogen-bond donors (Lipinski definition) is 2. The quantitative estimate of drug-likeness (QED) is 0.737.